The van der Waals surface area contributed by atoms with Gasteiger partial charge in [-0.1, -0.05) is 5.16 Å². The first-order valence-corrected chi connectivity index (χ1v) is 8.56. The highest BCUT2D eigenvalue weighted by Crippen LogP contribution is 2.34. The van der Waals surface area contributed by atoms with Crippen molar-refractivity contribution < 1.29 is 33.9 Å². The normalized spacial score (nSPS) is 20.2. The van der Waals surface area contributed by atoms with E-state index in [0.717, 1.165) is 4.90 Å². The van der Waals surface area contributed by atoms with Gasteiger partial charge >= 0.3 is 5.97 Å². The average molecular weight is 394 g/mol. The van der Waals surface area contributed by atoms with Crippen molar-refractivity contribution >= 4 is 35.0 Å². The molecule has 0 aromatic heterocycles. The fourth-order valence-electron chi connectivity index (χ4n) is 3.26. The van der Waals surface area contributed by atoms with Gasteiger partial charge in [0.15, 0.2) is 0 Å². The number of hydrogen-bond donors (Lipinski definition) is 1. The molecule has 2 aromatic rings. The van der Waals surface area contributed by atoms with E-state index in [1.54, 1.807) is 12.1 Å². The van der Waals surface area contributed by atoms with Crippen molar-refractivity contribution in [2.24, 2.45) is 11.1 Å². The molecule has 0 radical (unpaired) electrons. The molecule has 29 heavy (non-hydrogen) atoms. The molecule has 2 heterocycles. The van der Waals surface area contributed by atoms with E-state index in [0.29, 0.717) is 5.75 Å². The molecule has 146 valence electrons. The molecular formula is C20H14N2O7. The monoisotopic (exact) mass is 394 g/mol. The van der Waals surface area contributed by atoms with Gasteiger partial charge in [0.25, 0.3) is 5.91 Å². The standard InChI is InChI=1S/C20H14N2O7/c1-28-13-8-4-10(5-9-13)16(23)15-14-17(29-21-15)19(25)22(18(14)24)12-6-2-11(3-7-12)20(26)27/h2-9,14,17H,1H3,(H,26,27). The van der Waals surface area contributed by atoms with Crippen LogP contribution in [0.15, 0.2) is 53.7 Å². The summed E-state index contributed by atoms with van der Waals surface area (Å²) in [6.07, 6.45) is -1.22. The number of imide groups is 1. The molecule has 0 spiro atoms. The Kier molecular flexibility index (Phi) is 4.34. The van der Waals surface area contributed by atoms with Crippen molar-refractivity contribution in [2.75, 3.05) is 12.0 Å². The van der Waals surface area contributed by atoms with Gasteiger partial charge in [0.2, 0.25) is 17.8 Å². The zero-order valence-electron chi connectivity index (χ0n) is 15.1. The second-order valence-electron chi connectivity index (χ2n) is 6.40. The van der Waals surface area contributed by atoms with Crippen LogP contribution in [-0.4, -0.2) is 47.6 Å². The minimum Gasteiger partial charge on any atom is -0.497 e. The number of rotatable bonds is 5. The molecule has 2 atom stereocenters. The van der Waals surface area contributed by atoms with Crippen LogP contribution < -0.4 is 9.64 Å². The first kappa shape index (κ1) is 18.4. The first-order chi connectivity index (χ1) is 13.9. The molecule has 1 N–H and O–H groups in total. The number of anilines is 1. The van der Waals surface area contributed by atoms with E-state index in [1.807, 2.05) is 0 Å². The zero-order valence-corrected chi connectivity index (χ0v) is 15.1. The van der Waals surface area contributed by atoms with E-state index in [2.05, 4.69) is 5.16 Å². The summed E-state index contributed by atoms with van der Waals surface area (Å²) in [6.45, 7) is 0. The summed E-state index contributed by atoms with van der Waals surface area (Å²) >= 11 is 0. The third-order valence-electron chi connectivity index (χ3n) is 4.77. The van der Waals surface area contributed by atoms with Gasteiger partial charge in [-0.25, -0.2) is 9.69 Å². The van der Waals surface area contributed by atoms with Crippen molar-refractivity contribution in [3.63, 3.8) is 0 Å². The number of amides is 2. The number of oxime groups is 1. The van der Waals surface area contributed by atoms with Crippen LogP contribution in [0.5, 0.6) is 5.75 Å². The van der Waals surface area contributed by atoms with Gasteiger partial charge in [0, 0.05) is 5.56 Å². The highest BCUT2D eigenvalue weighted by molar-refractivity contribution is 6.52. The van der Waals surface area contributed by atoms with E-state index in [-0.39, 0.29) is 22.5 Å². The molecule has 2 aliphatic rings. The Balaban J connectivity index is 1.61. The molecule has 2 unspecified atom stereocenters. The lowest BCUT2D eigenvalue weighted by atomic mass is 9.93. The second-order valence-corrected chi connectivity index (χ2v) is 6.40. The number of aromatic carboxylic acids is 1. The van der Waals surface area contributed by atoms with Crippen molar-refractivity contribution in [2.45, 2.75) is 6.10 Å². The molecule has 2 amide bonds. The van der Waals surface area contributed by atoms with E-state index in [1.165, 1.54) is 43.5 Å². The van der Waals surface area contributed by atoms with Gasteiger partial charge in [-0.3, -0.25) is 14.4 Å². The number of Topliss-reactive ketones (excluding diaryl/α,β-unsaturated/α-hetero) is 1. The summed E-state index contributed by atoms with van der Waals surface area (Å²) < 4.78 is 5.05. The summed E-state index contributed by atoms with van der Waals surface area (Å²) in [6, 6.07) is 11.5. The zero-order chi connectivity index (χ0) is 20.7. The Hall–Kier alpha value is -4.01. The van der Waals surface area contributed by atoms with Gasteiger partial charge in [-0.15, -0.1) is 0 Å². The van der Waals surface area contributed by atoms with Gasteiger partial charge in [-0.2, -0.15) is 0 Å². The Morgan fingerprint density at radius 3 is 2.21 bits per heavy atom. The van der Waals surface area contributed by atoms with E-state index >= 15 is 0 Å². The summed E-state index contributed by atoms with van der Waals surface area (Å²) in [5.74, 6) is -3.56. The number of hydrogen-bond acceptors (Lipinski definition) is 7. The van der Waals surface area contributed by atoms with Crippen LogP contribution >= 0.6 is 0 Å². The highest BCUT2D eigenvalue weighted by atomic mass is 16.7. The smallest absolute Gasteiger partial charge is 0.335 e. The van der Waals surface area contributed by atoms with Gasteiger partial charge in [0.05, 0.1) is 18.4 Å². The molecule has 0 saturated carbocycles. The number of ether oxygens (including phenoxy) is 1. The molecule has 4 rings (SSSR count). The Bertz CT molecular complexity index is 1060. The van der Waals surface area contributed by atoms with Crippen LogP contribution in [0.2, 0.25) is 0 Å². The van der Waals surface area contributed by atoms with E-state index in [9.17, 15) is 19.2 Å². The third kappa shape index (κ3) is 2.92. The average Bonchev–Trinajstić information content (AvgIpc) is 3.28. The lowest BCUT2D eigenvalue weighted by Crippen LogP contribution is -2.34. The minimum absolute atomic E-state index is 0.0150. The number of benzene rings is 2. The number of methoxy groups -OCH3 is 1. The number of carboxylic acids is 1. The number of carbonyl (C=O) groups excluding carboxylic acids is 3. The van der Waals surface area contributed by atoms with Gasteiger partial charge < -0.3 is 14.7 Å². The minimum atomic E-state index is -1.22. The summed E-state index contributed by atoms with van der Waals surface area (Å²) in [5.41, 5.74) is 0.335. The summed E-state index contributed by atoms with van der Waals surface area (Å²) in [7, 11) is 1.50. The summed E-state index contributed by atoms with van der Waals surface area (Å²) in [5, 5.41) is 12.7. The molecule has 2 aromatic carbocycles. The lowest BCUT2D eigenvalue weighted by molar-refractivity contribution is -0.126. The van der Waals surface area contributed by atoms with Crippen molar-refractivity contribution in [3.8, 4) is 5.75 Å². The fraction of sp³-hybridized carbons (Fsp3) is 0.150. The molecule has 0 bridgehead atoms. The quantitative estimate of drug-likeness (QED) is 0.602. The van der Waals surface area contributed by atoms with Crippen molar-refractivity contribution in [3.05, 3.63) is 59.7 Å². The molecule has 2 aliphatic heterocycles. The molecule has 1 saturated heterocycles. The van der Waals surface area contributed by atoms with Crippen molar-refractivity contribution in [1.29, 1.82) is 0 Å². The molecule has 9 heteroatoms. The molecule has 1 fully saturated rings. The Morgan fingerprint density at radius 1 is 1.00 bits per heavy atom. The maximum atomic E-state index is 12.9. The van der Waals surface area contributed by atoms with Crippen LogP contribution in [0, 0.1) is 5.92 Å². The molecule has 9 nitrogen and oxygen atoms in total. The number of nitrogens with zero attached hydrogens (tertiary/aromatic N) is 2. The first-order valence-electron chi connectivity index (χ1n) is 8.56. The topological polar surface area (TPSA) is 123 Å². The van der Waals surface area contributed by atoms with Crippen molar-refractivity contribution in [1.82, 2.24) is 0 Å². The number of fused-ring (bicyclic) bond motifs is 1. The van der Waals surface area contributed by atoms with Crippen LogP contribution in [0.3, 0.4) is 0 Å². The number of ketones is 1. The van der Waals surface area contributed by atoms with E-state index < -0.39 is 35.6 Å². The van der Waals surface area contributed by atoms with Crippen LogP contribution in [0.25, 0.3) is 0 Å². The maximum absolute atomic E-state index is 12.9. The predicted octanol–water partition coefficient (Wildman–Crippen LogP) is 1.52. The Morgan fingerprint density at radius 2 is 1.62 bits per heavy atom. The Labute approximate surface area is 164 Å². The SMILES string of the molecule is COc1ccc(C(=O)C2=NOC3C(=O)N(c4ccc(C(=O)O)cc4)C(=O)C23)cc1. The highest BCUT2D eigenvalue weighted by Gasteiger charge is 2.57. The van der Waals surface area contributed by atoms with Gasteiger partial charge in [0.1, 0.15) is 17.4 Å². The number of carbonyl (C=O) groups is 4. The van der Waals surface area contributed by atoms with E-state index in [4.69, 9.17) is 14.7 Å². The van der Waals surface area contributed by atoms with Crippen LogP contribution in [0.4, 0.5) is 5.69 Å². The number of carboxylic acid groups (broad SMARTS) is 1. The molecular weight excluding hydrogens is 380 g/mol. The fourth-order valence-corrected chi connectivity index (χ4v) is 3.26. The third-order valence-corrected chi connectivity index (χ3v) is 4.77. The lowest BCUT2D eigenvalue weighted by Gasteiger charge is -2.15. The maximum Gasteiger partial charge on any atom is 0.335 e. The van der Waals surface area contributed by atoms with Crippen LogP contribution in [-0.2, 0) is 14.4 Å². The molecule has 0 aliphatic carbocycles. The second kappa shape index (κ2) is 6.86. The van der Waals surface area contributed by atoms with Gasteiger partial charge in [-0.05, 0) is 48.5 Å². The summed E-state index contributed by atoms with van der Waals surface area (Å²) in [4.78, 5) is 55.4. The van der Waals surface area contributed by atoms with Crippen LogP contribution in [0.1, 0.15) is 20.7 Å². The largest absolute Gasteiger partial charge is 0.497 e. The predicted molar refractivity (Wildman–Crippen MR) is 99.0 cm³/mol.